The molecular weight excluding hydrogens is 300 g/mol. The van der Waals surface area contributed by atoms with E-state index in [2.05, 4.69) is 53.4 Å². The second-order valence-electron chi connectivity index (χ2n) is 6.36. The number of benzene rings is 2. The van der Waals surface area contributed by atoms with E-state index in [0.717, 1.165) is 13.0 Å². The Labute approximate surface area is 142 Å². The smallest absolute Gasteiger partial charge is 0.409 e. The average Bonchev–Trinajstić information content (AvgIpc) is 2.76. The van der Waals surface area contributed by atoms with E-state index in [1.807, 2.05) is 11.8 Å². The van der Waals surface area contributed by atoms with Crippen molar-refractivity contribution in [1.29, 1.82) is 0 Å². The Balaban J connectivity index is 1.75. The van der Waals surface area contributed by atoms with Gasteiger partial charge in [-0.1, -0.05) is 42.5 Å². The molecule has 124 valence electrons. The first-order chi connectivity index (χ1) is 11.8. The molecule has 2 aromatic carbocycles. The molecule has 24 heavy (non-hydrogen) atoms. The second kappa shape index (κ2) is 6.19. The fraction of sp³-hybridized carbons (Fsp3) is 0.350. The summed E-state index contributed by atoms with van der Waals surface area (Å²) in [7, 11) is 0. The zero-order valence-electron chi connectivity index (χ0n) is 13.9. The van der Waals surface area contributed by atoms with Gasteiger partial charge in [0.15, 0.2) is 0 Å². The fourth-order valence-electron chi connectivity index (χ4n) is 3.88. The van der Waals surface area contributed by atoms with Crippen molar-refractivity contribution in [3.05, 3.63) is 65.2 Å². The number of amides is 1. The van der Waals surface area contributed by atoms with Crippen molar-refractivity contribution in [1.82, 2.24) is 4.90 Å². The third-order valence-corrected chi connectivity index (χ3v) is 5.00. The van der Waals surface area contributed by atoms with Crippen LogP contribution in [0.2, 0.25) is 0 Å². The van der Waals surface area contributed by atoms with Gasteiger partial charge >= 0.3 is 6.09 Å². The number of nitrogens with zero attached hydrogens (tertiary/aromatic N) is 2. The highest BCUT2D eigenvalue weighted by atomic mass is 16.6. The van der Waals surface area contributed by atoms with Crippen molar-refractivity contribution in [2.24, 2.45) is 0 Å². The van der Waals surface area contributed by atoms with Crippen molar-refractivity contribution in [3.8, 4) is 0 Å². The highest BCUT2D eigenvalue weighted by Crippen LogP contribution is 2.39. The van der Waals surface area contributed by atoms with Crippen LogP contribution in [0.4, 0.5) is 10.5 Å². The van der Waals surface area contributed by atoms with Gasteiger partial charge in [0.25, 0.3) is 0 Å². The number of hydrogen-bond acceptors (Lipinski definition) is 3. The van der Waals surface area contributed by atoms with Crippen molar-refractivity contribution < 1.29 is 9.53 Å². The largest absolute Gasteiger partial charge is 0.450 e. The van der Waals surface area contributed by atoms with E-state index in [1.54, 1.807) is 0 Å². The number of fused-ring (bicyclic) bond motifs is 5. The predicted octanol–water partition coefficient (Wildman–Crippen LogP) is 3.61. The second-order valence-corrected chi connectivity index (χ2v) is 6.36. The maximum absolute atomic E-state index is 12.2. The van der Waals surface area contributed by atoms with E-state index in [9.17, 15) is 4.79 Å². The number of ether oxygens (including phenoxy) is 1. The maximum atomic E-state index is 12.2. The molecule has 0 saturated carbocycles. The minimum absolute atomic E-state index is 0.183. The fourth-order valence-corrected chi connectivity index (χ4v) is 3.88. The lowest BCUT2D eigenvalue weighted by Crippen LogP contribution is -2.50. The number of carbonyl (C=O) groups is 1. The zero-order valence-corrected chi connectivity index (χ0v) is 13.9. The third kappa shape index (κ3) is 2.52. The van der Waals surface area contributed by atoms with Gasteiger partial charge < -0.3 is 14.5 Å². The van der Waals surface area contributed by atoms with Crippen LogP contribution < -0.4 is 4.90 Å². The molecular formula is C20H22N2O2. The summed E-state index contributed by atoms with van der Waals surface area (Å²) in [4.78, 5) is 16.5. The Morgan fingerprint density at radius 2 is 1.83 bits per heavy atom. The molecule has 4 nitrogen and oxygen atoms in total. The summed E-state index contributed by atoms with van der Waals surface area (Å²) in [5, 5.41) is 0. The van der Waals surface area contributed by atoms with Gasteiger partial charge in [-0.05, 0) is 36.1 Å². The van der Waals surface area contributed by atoms with Crippen LogP contribution in [-0.2, 0) is 11.2 Å². The summed E-state index contributed by atoms with van der Waals surface area (Å²) in [5.41, 5.74) is 5.32. The molecule has 1 saturated heterocycles. The van der Waals surface area contributed by atoms with Crippen molar-refractivity contribution in [3.63, 3.8) is 0 Å². The minimum atomic E-state index is -0.202. The molecule has 0 radical (unpaired) electrons. The summed E-state index contributed by atoms with van der Waals surface area (Å²) in [6.07, 6.45) is 0.742. The maximum Gasteiger partial charge on any atom is 0.409 e. The van der Waals surface area contributed by atoms with Crippen LogP contribution in [-0.4, -0.2) is 37.2 Å². The van der Waals surface area contributed by atoms with Gasteiger partial charge in [0.2, 0.25) is 0 Å². The lowest BCUT2D eigenvalue weighted by Gasteiger charge is -2.42. The van der Waals surface area contributed by atoms with Gasteiger partial charge in [0.05, 0.1) is 12.6 Å². The van der Waals surface area contributed by atoms with E-state index < -0.39 is 0 Å². The standard InChI is InChI=1S/C20H22N2O2/c1-2-24-20(23)21-11-12-22-18-10-6-4-8-16(18)13-15-7-3-5-9-17(15)19(22)14-21/h3-10,19H,2,11-14H2,1H3. The molecule has 4 rings (SSSR count). The molecule has 0 aromatic heterocycles. The summed E-state index contributed by atoms with van der Waals surface area (Å²) in [6, 6.07) is 17.4. The van der Waals surface area contributed by atoms with Crippen LogP contribution >= 0.6 is 0 Å². The molecule has 2 aliphatic heterocycles. The van der Waals surface area contributed by atoms with E-state index in [0.29, 0.717) is 19.7 Å². The Kier molecular flexibility index (Phi) is 3.89. The predicted molar refractivity (Wildman–Crippen MR) is 94.4 cm³/mol. The average molecular weight is 322 g/mol. The minimum Gasteiger partial charge on any atom is -0.450 e. The Bertz CT molecular complexity index is 759. The molecule has 0 bridgehead atoms. The first-order valence-electron chi connectivity index (χ1n) is 8.62. The van der Waals surface area contributed by atoms with Crippen molar-refractivity contribution in [2.75, 3.05) is 31.1 Å². The molecule has 0 aliphatic carbocycles. The quantitative estimate of drug-likeness (QED) is 0.804. The normalized spacial score (nSPS) is 19.0. The topological polar surface area (TPSA) is 32.8 Å². The summed E-state index contributed by atoms with van der Waals surface area (Å²) in [5.74, 6) is 0. The van der Waals surface area contributed by atoms with Gasteiger partial charge in [0.1, 0.15) is 0 Å². The molecule has 1 atom stereocenters. The van der Waals surface area contributed by atoms with E-state index in [4.69, 9.17) is 4.74 Å². The van der Waals surface area contributed by atoms with Crippen LogP contribution in [0.1, 0.15) is 29.7 Å². The van der Waals surface area contributed by atoms with Gasteiger partial charge in [-0.25, -0.2) is 4.79 Å². The number of carbonyl (C=O) groups excluding carboxylic acids is 1. The van der Waals surface area contributed by atoms with Crippen LogP contribution in [0.15, 0.2) is 48.5 Å². The molecule has 1 fully saturated rings. The Morgan fingerprint density at radius 3 is 2.67 bits per heavy atom. The van der Waals surface area contributed by atoms with Crippen molar-refractivity contribution in [2.45, 2.75) is 19.4 Å². The van der Waals surface area contributed by atoms with Gasteiger partial charge in [-0.3, -0.25) is 0 Å². The van der Waals surface area contributed by atoms with Crippen LogP contribution in [0.3, 0.4) is 0 Å². The molecule has 2 aliphatic rings. The van der Waals surface area contributed by atoms with Crippen LogP contribution in [0.25, 0.3) is 0 Å². The SMILES string of the molecule is CCOC(=O)N1CCN2c3ccccc3Cc3ccccc3C2C1. The summed E-state index contributed by atoms with van der Waals surface area (Å²) < 4.78 is 5.22. The van der Waals surface area contributed by atoms with E-state index >= 15 is 0 Å². The molecule has 1 unspecified atom stereocenters. The van der Waals surface area contributed by atoms with Crippen molar-refractivity contribution >= 4 is 11.8 Å². The van der Waals surface area contributed by atoms with Gasteiger partial charge in [-0.15, -0.1) is 0 Å². The zero-order chi connectivity index (χ0) is 16.5. The van der Waals surface area contributed by atoms with Gasteiger partial charge in [0, 0.05) is 25.3 Å². The summed E-state index contributed by atoms with van der Waals surface area (Å²) in [6.45, 7) is 4.47. The summed E-state index contributed by atoms with van der Waals surface area (Å²) >= 11 is 0. The molecule has 0 N–H and O–H groups in total. The number of hydrogen-bond donors (Lipinski definition) is 0. The number of piperazine rings is 1. The molecule has 0 spiro atoms. The van der Waals surface area contributed by atoms with E-state index in [-0.39, 0.29) is 12.1 Å². The highest BCUT2D eigenvalue weighted by molar-refractivity contribution is 5.69. The Hall–Kier alpha value is -2.49. The van der Waals surface area contributed by atoms with E-state index in [1.165, 1.54) is 22.4 Å². The monoisotopic (exact) mass is 322 g/mol. The first kappa shape index (κ1) is 15.1. The highest BCUT2D eigenvalue weighted by Gasteiger charge is 2.35. The van der Waals surface area contributed by atoms with Gasteiger partial charge in [-0.2, -0.15) is 0 Å². The number of anilines is 1. The Morgan fingerprint density at radius 1 is 1.08 bits per heavy atom. The molecule has 4 heteroatoms. The molecule has 1 amide bonds. The van der Waals surface area contributed by atoms with Crippen LogP contribution in [0, 0.1) is 0 Å². The molecule has 2 heterocycles. The lowest BCUT2D eigenvalue weighted by atomic mass is 9.96. The number of para-hydroxylation sites is 1. The van der Waals surface area contributed by atoms with Crippen LogP contribution in [0.5, 0.6) is 0 Å². The third-order valence-electron chi connectivity index (χ3n) is 5.00. The first-order valence-corrected chi connectivity index (χ1v) is 8.62. The number of rotatable bonds is 1. The lowest BCUT2D eigenvalue weighted by molar-refractivity contribution is 0.0991. The molecule has 2 aromatic rings.